The number of terminal acetylenes is 1. The second kappa shape index (κ2) is 10.3. The van der Waals surface area contributed by atoms with Gasteiger partial charge in [-0.3, -0.25) is 9.88 Å². The van der Waals surface area contributed by atoms with Crippen molar-refractivity contribution in [1.82, 2.24) is 25.2 Å². The van der Waals surface area contributed by atoms with Gasteiger partial charge in [0.25, 0.3) is 6.08 Å². The summed E-state index contributed by atoms with van der Waals surface area (Å²) < 4.78 is 64.8. The smallest absolute Gasteiger partial charge is 0.319 e. The highest BCUT2D eigenvalue weighted by molar-refractivity contribution is 6.03. The Hall–Kier alpha value is -4.47. The van der Waals surface area contributed by atoms with E-state index in [9.17, 15) is 18.3 Å². The fourth-order valence-electron chi connectivity index (χ4n) is 7.72. The Morgan fingerprint density at radius 3 is 2.76 bits per heavy atom. The van der Waals surface area contributed by atoms with Gasteiger partial charge in [0, 0.05) is 54.4 Å². The van der Waals surface area contributed by atoms with Crippen LogP contribution in [0.4, 0.5) is 23.4 Å². The second-order valence-electron chi connectivity index (χ2n) is 12.4. The average Bonchev–Trinajstić information content (AvgIpc) is 3.59. The van der Waals surface area contributed by atoms with E-state index in [0.29, 0.717) is 29.6 Å². The number of fused-ring (bicyclic) bond motifs is 5. The third-order valence-electron chi connectivity index (χ3n) is 9.83. The van der Waals surface area contributed by atoms with Crippen LogP contribution in [-0.2, 0) is 0 Å². The molecule has 2 aromatic heterocycles. The number of ether oxygens (including phenoxy) is 1. The molecule has 4 fully saturated rings. The minimum atomic E-state index is -1.65. The zero-order valence-electron chi connectivity index (χ0n) is 24.1. The first kappa shape index (κ1) is 28.0. The van der Waals surface area contributed by atoms with E-state index in [4.69, 9.17) is 16.1 Å². The Morgan fingerprint density at radius 1 is 1.18 bits per heavy atom. The van der Waals surface area contributed by atoms with Crippen molar-refractivity contribution in [2.24, 2.45) is 0 Å². The summed E-state index contributed by atoms with van der Waals surface area (Å²) in [5.74, 6) is 1.19. The second-order valence-corrected chi connectivity index (χ2v) is 12.4. The normalized spacial score (nSPS) is 24.2. The van der Waals surface area contributed by atoms with E-state index < -0.39 is 23.3 Å². The maximum atomic E-state index is 16.7. The van der Waals surface area contributed by atoms with Crippen molar-refractivity contribution in [3.8, 4) is 35.4 Å². The quantitative estimate of drug-likeness (QED) is 0.236. The van der Waals surface area contributed by atoms with Crippen LogP contribution in [0.3, 0.4) is 0 Å². The zero-order chi connectivity index (χ0) is 31.0. The van der Waals surface area contributed by atoms with E-state index in [2.05, 4.69) is 26.1 Å². The molecule has 2 aromatic carbocycles. The van der Waals surface area contributed by atoms with Gasteiger partial charge in [0.2, 0.25) is 0 Å². The Bertz CT molecular complexity index is 1960. The molecule has 12 heteroatoms. The first-order valence-corrected chi connectivity index (χ1v) is 14.9. The van der Waals surface area contributed by atoms with Crippen LogP contribution in [0.25, 0.3) is 32.9 Å². The lowest BCUT2D eigenvalue weighted by Crippen LogP contribution is -2.68. The number of phenols is 1. The van der Waals surface area contributed by atoms with E-state index in [0.717, 1.165) is 25.9 Å². The summed E-state index contributed by atoms with van der Waals surface area (Å²) in [7, 11) is 0. The number of phenolic OH excluding ortho intramolecular Hbond substituents is 1. The first-order chi connectivity index (χ1) is 21.8. The number of anilines is 1. The van der Waals surface area contributed by atoms with Crippen LogP contribution in [-0.4, -0.2) is 75.4 Å². The maximum Gasteiger partial charge on any atom is 0.319 e. The molecule has 230 valence electrons. The van der Waals surface area contributed by atoms with Crippen molar-refractivity contribution in [3.05, 3.63) is 59.3 Å². The molecule has 8 nitrogen and oxygen atoms in total. The molecule has 0 radical (unpaired) electrons. The molecule has 0 amide bonds. The van der Waals surface area contributed by atoms with Gasteiger partial charge >= 0.3 is 6.01 Å². The Labute approximate surface area is 255 Å². The number of hydrogen-bond acceptors (Lipinski definition) is 8. The molecule has 6 heterocycles. The highest BCUT2D eigenvalue weighted by Gasteiger charge is 2.49. The molecule has 0 aliphatic carbocycles. The molecule has 2 bridgehead atoms. The zero-order valence-corrected chi connectivity index (χ0v) is 24.1. The minimum Gasteiger partial charge on any atom is -0.508 e. The first-order valence-electron chi connectivity index (χ1n) is 14.9. The van der Waals surface area contributed by atoms with Gasteiger partial charge in [0.05, 0.1) is 16.5 Å². The van der Waals surface area contributed by atoms with E-state index in [1.54, 1.807) is 0 Å². The van der Waals surface area contributed by atoms with Gasteiger partial charge in [-0.25, -0.2) is 8.78 Å². The molecule has 2 N–H and O–H groups in total. The number of halogens is 4. The number of nitrogens with zero attached hydrogens (tertiary/aromatic N) is 5. The van der Waals surface area contributed by atoms with E-state index >= 15 is 4.39 Å². The molecule has 0 spiro atoms. The number of piperidine rings is 1. The van der Waals surface area contributed by atoms with Crippen LogP contribution in [0.15, 0.2) is 42.1 Å². The lowest BCUT2D eigenvalue weighted by atomic mass is 9.88. The van der Waals surface area contributed by atoms with Gasteiger partial charge in [-0.05, 0) is 55.8 Å². The Kier molecular flexibility index (Phi) is 6.41. The molecule has 4 aliphatic rings. The van der Waals surface area contributed by atoms with Gasteiger partial charge in [-0.1, -0.05) is 12.0 Å². The summed E-state index contributed by atoms with van der Waals surface area (Å²) in [6.45, 7) is 2.44. The van der Waals surface area contributed by atoms with Gasteiger partial charge in [-0.2, -0.15) is 18.7 Å². The SMILES string of the molecule is C#Cc1c(F)ccc2cc(O)cc(-c3ncc4c(N5C6CNCC5C6)nc(OCC56CCCN5CC(=C(F)F)C6)nc4c3F)c12. The third-order valence-corrected chi connectivity index (χ3v) is 9.83. The number of piperazine rings is 1. The predicted molar refractivity (Wildman–Crippen MR) is 160 cm³/mol. The molecule has 4 saturated heterocycles. The molecular formula is C33H28F4N6O2. The van der Waals surface area contributed by atoms with Crippen molar-refractivity contribution in [3.63, 3.8) is 0 Å². The van der Waals surface area contributed by atoms with Crippen LogP contribution in [0, 0.1) is 24.0 Å². The third kappa shape index (κ3) is 4.32. The fraction of sp³-hybridized carbons (Fsp3) is 0.364. The van der Waals surface area contributed by atoms with Crippen LogP contribution < -0.4 is 15.0 Å². The monoisotopic (exact) mass is 616 g/mol. The molecule has 4 aliphatic heterocycles. The number of nitrogens with one attached hydrogen (secondary N) is 1. The molecule has 3 atom stereocenters. The van der Waals surface area contributed by atoms with Crippen molar-refractivity contribution >= 4 is 27.5 Å². The van der Waals surface area contributed by atoms with Gasteiger partial charge in [0.1, 0.15) is 35.2 Å². The van der Waals surface area contributed by atoms with Gasteiger partial charge < -0.3 is 20.1 Å². The number of benzene rings is 2. The molecule has 3 unspecified atom stereocenters. The standard InChI is InChI=1S/C33H28F4N6O2/c1-2-22-25(34)5-4-17-8-21(44)10-23(26(17)22)28-27(35)29-24(14-39-28)31(43-19-9-20(43)13-38-12-19)41-32(40-29)45-16-33-6-3-7-42(33)15-18(11-33)30(36)37/h1,4-5,8,10,14,19-20,38,44H,3,6-7,9,11-13,15-16H2. The van der Waals surface area contributed by atoms with Crippen molar-refractivity contribution in [1.29, 1.82) is 0 Å². The minimum absolute atomic E-state index is 0.0596. The summed E-state index contributed by atoms with van der Waals surface area (Å²) >= 11 is 0. The van der Waals surface area contributed by atoms with E-state index in [-0.39, 0.29) is 76.7 Å². The lowest BCUT2D eigenvalue weighted by molar-refractivity contribution is 0.107. The lowest BCUT2D eigenvalue weighted by Gasteiger charge is -2.54. The summed E-state index contributed by atoms with van der Waals surface area (Å²) in [6.07, 6.45) is 8.18. The van der Waals surface area contributed by atoms with Gasteiger partial charge in [0.15, 0.2) is 5.82 Å². The van der Waals surface area contributed by atoms with Crippen LogP contribution >= 0.6 is 0 Å². The predicted octanol–water partition coefficient (Wildman–Crippen LogP) is 5.13. The maximum absolute atomic E-state index is 16.7. The molecular weight excluding hydrogens is 588 g/mol. The van der Waals surface area contributed by atoms with Gasteiger partial charge in [-0.15, -0.1) is 6.42 Å². The van der Waals surface area contributed by atoms with Crippen molar-refractivity contribution in [2.45, 2.75) is 43.3 Å². The summed E-state index contributed by atoms with van der Waals surface area (Å²) in [4.78, 5) is 17.8. The summed E-state index contributed by atoms with van der Waals surface area (Å²) in [5, 5.41) is 14.9. The summed E-state index contributed by atoms with van der Waals surface area (Å²) in [6, 6.07) is 5.60. The number of aromatic hydroxyl groups is 1. The Balaban J connectivity index is 1.27. The number of aromatic nitrogens is 3. The largest absolute Gasteiger partial charge is 0.508 e. The van der Waals surface area contributed by atoms with Crippen molar-refractivity contribution < 1.29 is 27.4 Å². The van der Waals surface area contributed by atoms with E-state index in [1.807, 2.05) is 4.90 Å². The van der Waals surface area contributed by atoms with Crippen molar-refractivity contribution in [2.75, 3.05) is 37.7 Å². The summed E-state index contributed by atoms with van der Waals surface area (Å²) in [5.41, 5.74) is -0.684. The number of pyridine rings is 1. The van der Waals surface area contributed by atoms with E-state index in [1.165, 1.54) is 30.5 Å². The fourth-order valence-corrected chi connectivity index (χ4v) is 7.72. The number of hydrogen-bond donors (Lipinski definition) is 2. The molecule has 8 rings (SSSR count). The molecule has 4 aromatic rings. The van der Waals surface area contributed by atoms with Crippen LogP contribution in [0.5, 0.6) is 11.8 Å². The highest BCUT2D eigenvalue weighted by atomic mass is 19.3. The van der Waals surface area contributed by atoms with Crippen LogP contribution in [0.2, 0.25) is 0 Å². The average molecular weight is 617 g/mol. The molecule has 45 heavy (non-hydrogen) atoms. The Morgan fingerprint density at radius 2 is 2.00 bits per heavy atom. The topological polar surface area (TPSA) is 86.6 Å². The van der Waals surface area contributed by atoms with Crippen LogP contribution in [0.1, 0.15) is 31.2 Å². The number of rotatable bonds is 5. The molecule has 0 saturated carbocycles. The highest BCUT2D eigenvalue weighted by Crippen LogP contribution is 2.44.